The highest BCUT2D eigenvalue weighted by atomic mass is 79.9. The molecule has 2 aromatic carbocycles. The summed E-state index contributed by atoms with van der Waals surface area (Å²) in [6, 6.07) is 10.2. The summed E-state index contributed by atoms with van der Waals surface area (Å²) in [6.07, 6.45) is 0. The summed E-state index contributed by atoms with van der Waals surface area (Å²) >= 11 is 3.14. The molecule has 108 valence electrons. The molecule has 0 saturated carbocycles. The Balaban J connectivity index is 2.02. The van der Waals surface area contributed by atoms with Crippen molar-refractivity contribution in [1.82, 2.24) is 0 Å². The van der Waals surface area contributed by atoms with E-state index >= 15 is 0 Å². The number of carbonyl (C=O) groups excluding carboxylic acids is 2. The third-order valence-corrected chi connectivity index (χ3v) is 3.22. The van der Waals surface area contributed by atoms with Gasteiger partial charge in [-0.15, -0.1) is 0 Å². The third kappa shape index (κ3) is 4.13. The molecule has 0 unspecified atom stereocenters. The molecule has 0 aliphatic heterocycles. The Labute approximate surface area is 129 Å². The van der Waals surface area contributed by atoms with E-state index < -0.39 is 11.8 Å². The Hall–Kier alpha value is -2.21. The largest absolute Gasteiger partial charge is 0.323 e. The lowest BCUT2D eigenvalue weighted by Gasteiger charge is -2.09. The summed E-state index contributed by atoms with van der Waals surface area (Å²) < 4.78 is 14.2. The lowest BCUT2D eigenvalue weighted by molar-refractivity contribution is 0.101. The molecule has 0 aromatic heterocycles. The van der Waals surface area contributed by atoms with Crippen molar-refractivity contribution < 1.29 is 14.0 Å². The number of nitrogens with one attached hydrogen (secondary N) is 2. The average molecular weight is 351 g/mol. The van der Waals surface area contributed by atoms with Gasteiger partial charge in [0.2, 0.25) is 0 Å². The molecular weight excluding hydrogens is 339 g/mol. The third-order valence-electron chi connectivity index (χ3n) is 2.73. The van der Waals surface area contributed by atoms with Gasteiger partial charge >= 0.3 is 6.03 Å². The van der Waals surface area contributed by atoms with Crippen molar-refractivity contribution in [3.05, 3.63) is 58.3 Å². The number of ketones is 1. The first-order chi connectivity index (χ1) is 9.95. The second-order valence-corrected chi connectivity index (χ2v) is 5.25. The van der Waals surface area contributed by atoms with E-state index in [9.17, 15) is 14.0 Å². The minimum atomic E-state index is -0.563. The molecule has 0 bridgehead atoms. The molecule has 0 aliphatic rings. The summed E-state index contributed by atoms with van der Waals surface area (Å²) in [5, 5.41) is 4.97. The zero-order valence-corrected chi connectivity index (χ0v) is 12.7. The summed E-state index contributed by atoms with van der Waals surface area (Å²) in [7, 11) is 0. The highest BCUT2D eigenvalue weighted by molar-refractivity contribution is 9.10. The van der Waals surface area contributed by atoms with Crippen molar-refractivity contribution in [3.63, 3.8) is 0 Å². The van der Waals surface area contributed by atoms with E-state index in [4.69, 9.17) is 0 Å². The van der Waals surface area contributed by atoms with Gasteiger partial charge < -0.3 is 10.6 Å². The average Bonchev–Trinajstić information content (AvgIpc) is 2.42. The molecule has 0 atom stereocenters. The predicted octanol–water partition coefficient (Wildman–Crippen LogP) is 4.43. The zero-order valence-electron chi connectivity index (χ0n) is 11.1. The molecule has 4 nitrogen and oxygen atoms in total. The molecule has 21 heavy (non-hydrogen) atoms. The number of carbonyl (C=O) groups is 2. The number of hydrogen-bond acceptors (Lipinski definition) is 2. The zero-order chi connectivity index (χ0) is 15.4. The van der Waals surface area contributed by atoms with Gasteiger partial charge in [-0.05, 0) is 49.4 Å². The number of anilines is 2. The molecule has 2 rings (SSSR count). The van der Waals surface area contributed by atoms with Crippen molar-refractivity contribution in [3.8, 4) is 0 Å². The normalized spacial score (nSPS) is 10.0. The van der Waals surface area contributed by atoms with Crippen LogP contribution in [0.2, 0.25) is 0 Å². The van der Waals surface area contributed by atoms with Crippen LogP contribution in [-0.4, -0.2) is 11.8 Å². The molecule has 0 spiro atoms. The number of urea groups is 1. The molecule has 0 saturated heterocycles. The second kappa shape index (κ2) is 6.49. The van der Waals surface area contributed by atoms with Crippen molar-refractivity contribution in [2.45, 2.75) is 6.92 Å². The Morgan fingerprint density at radius 2 is 1.71 bits per heavy atom. The van der Waals surface area contributed by atoms with Crippen LogP contribution in [0.3, 0.4) is 0 Å². The van der Waals surface area contributed by atoms with Crippen LogP contribution < -0.4 is 10.6 Å². The maximum atomic E-state index is 13.6. The van der Waals surface area contributed by atoms with Gasteiger partial charge in [0.05, 0.1) is 5.69 Å². The maximum Gasteiger partial charge on any atom is 0.323 e. The predicted molar refractivity (Wildman–Crippen MR) is 83.2 cm³/mol. The lowest BCUT2D eigenvalue weighted by Crippen LogP contribution is -2.20. The summed E-state index contributed by atoms with van der Waals surface area (Å²) in [5.41, 5.74) is 1.14. The van der Waals surface area contributed by atoms with E-state index in [1.54, 1.807) is 30.3 Å². The molecular formula is C15H12BrFN2O2. The Morgan fingerprint density at radius 3 is 2.29 bits per heavy atom. The number of halogens is 2. The second-order valence-electron chi connectivity index (χ2n) is 4.34. The minimum Gasteiger partial charge on any atom is -0.308 e. The standard InChI is InChI=1S/C15H12BrFN2O2/c1-9(20)10-2-5-12(6-3-10)18-15(21)19-14-7-4-11(16)8-13(14)17/h2-8H,1H3,(H2,18,19,21). The van der Waals surface area contributed by atoms with Gasteiger partial charge in [-0.1, -0.05) is 15.9 Å². The van der Waals surface area contributed by atoms with Crippen molar-refractivity contribution in [2.24, 2.45) is 0 Å². The first-order valence-electron chi connectivity index (χ1n) is 6.10. The first-order valence-corrected chi connectivity index (χ1v) is 6.89. The topological polar surface area (TPSA) is 58.2 Å². The van der Waals surface area contributed by atoms with Crippen LogP contribution in [0.15, 0.2) is 46.9 Å². The van der Waals surface area contributed by atoms with Crippen LogP contribution in [0.5, 0.6) is 0 Å². The number of Topliss-reactive ketones (excluding diaryl/α,β-unsaturated/α-hetero) is 1. The maximum absolute atomic E-state index is 13.6. The van der Waals surface area contributed by atoms with Crippen molar-refractivity contribution in [2.75, 3.05) is 10.6 Å². The van der Waals surface area contributed by atoms with Crippen molar-refractivity contribution in [1.29, 1.82) is 0 Å². The highest BCUT2D eigenvalue weighted by Gasteiger charge is 2.08. The monoisotopic (exact) mass is 350 g/mol. The minimum absolute atomic E-state index is 0.0528. The molecule has 0 heterocycles. The van der Waals surface area contributed by atoms with Gasteiger partial charge in [0, 0.05) is 15.7 Å². The van der Waals surface area contributed by atoms with E-state index in [0.717, 1.165) is 0 Å². The molecule has 0 radical (unpaired) electrons. The van der Waals surface area contributed by atoms with Gasteiger partial charge in [0.15, 0.2) is 5.78 Å². The quantitative estimate of drug-likeness (QED) is 0.804. The molecule has 6 heteroatoms. The number of amides is 2. The van der Waals surface area contributed by atoms with Gasteiger partial charge in [0.25, 0.3) is 0 Å². The van der Waals surface area contributed by atoms with Crippen LogP contribution in [-0.2, 0) is 0 Å². The Bertz CT molecular complexity index is 687. The lowest BCUT2D eigenvalue weighted by atomic mass is 10.1. The fourth-order valence-corrected chi connectivity index (χ4v) is 2.00. The molecule has 0 fully saturated rings. The summed E-state index contributed by atoms with van der Waals surface area (Å²) in [5.74, 6) is -0.589. The van der Waals surface area contributed by atoms with Crippen LogP contribution in [0.1, 0.15) is 17.3 Å². The smallest absolute Gasteiger partial charge is 0.308 e. The van der Waals surface area contributed by atoms with Crippen molar-refractivity contribution >= 4 is 39.1 Å². The van der Waals surface area contributed by atoms with Crippen LogP contribution in [0.25, 0.3) is 0 Å². The van der Waals surface area contributed by atoms with Crippen LogP contribution >= 0.6 is 15.9 Å². The first kappa shape index (κ1) is 15.2. The van der Waals surface area contributed by atoms with Crippen LogP contribution in [0, 0.1) is 5.82 Å². The van der Waals surface area contributed by atoms with E-state index in [-0.39, 0.29) is 11.5 Å². The summed E-state index contributed by atoms with van der Waals surface area (Å²) in [4.78, 5) is 22.9. The molecule has 2 amide bonds. The van der Waals surface area contributed by atoms with Gasteiger partial charge in [-0.25, -0.2) is 9.18 Å². The van der Waals surface area contributed by atoms with Crippen LogP contribution in [0.4, 0.5) is 20.6 Å². The van der Waals surface area contributed by atoms with Gasteiger partial charge in [-0.2, -0.15) is 0 Å². The van der Waals surface area contributed by atoms with E-state index in [2.05, 4.69) is 26.6 Å². The van der Waals surface area contributed by atoms with E-state index in [1.165, 1.54) is 19.1 Å². The molecule has 2 aromatic rings. The molecule has 0 aliphatic carbocycles. The molecule has 2 N–H and O–H groups in total. The number of hydrogen-bond donors (Lipinski definition) is 2. The van der Waals surface area contributed by atoms with E-state index in [1.807, 2.05) is 0 Å². The SMILES string of the molecule is CC(=O)c1ccc(NC(=O)Nc2ccc(Br)cc2F)cc1. The van der Waals surface area contributed by atoms with E-state index in [0.29, 0.717) is 15.7 Å². The Kier molecular flexibility index (Phi) is 4.70. The summed E-state index contributed by atoms with van der Waals surface area (Å²) in [6.45, 7) is 1.46. The number of rotatable bonds is 3. The highest BCUT2D eigenvalue weighted by Crippen LogP contribution is 2.19. The fraction of sp³-hybridized carbons (Fsp3) is 0.0667. The van der Waals surface area contributed by atoms with Gasteiger partial charge in [0.1, 0.15) is 5.82 Å². The number of benzene rings is 2. The Morgan fingerprint density at radius 1 is 1.05 bits per heavy atom. The van der Waals surface area contributed by atoms with Gasteiger partial charge in [-0.3, -0.25) is 4.79 Å². The fourth-order valence-electron chi connectivity index (χ4n) is 1.66.